The first-order chi connectivity index (χ1) is 7.83. The highest BCUT2D eigenvalue weighted by atomic mass is 16.1. The Hall–Kier alpha value is -2.13. The summed E-state index contributed by atoms with van der Waals surface area (Å²) in [6.45, 7) is 0.813. The van der Waals surface area contributed by atoms with Gasteiger partial charge in [-0.1, -0.05) is 5.92 Å². The quantitative estimate of drug-likeness (QED) is 0.472. The van der Waals surface area contributed by atoms with Crippen LogP contribution in [0.1, 0.15) is 12.1 Å². The number of aromatic amines is 2. The maximum absolute atomic E-state index is 11.5. The molecule has 2 aromatic heterocycles. The summed E-state index contributed by atoms with van der Waals surface area (Å²) >= 11 is 0. The maximum Gasteiger partial charge on any atom is 0.263 e. The molecule has 6 nitrogen and oxygen atoms in total. The Balaban J connectivity index is 2.37. The van der Waals surface area contributed by atoms with Crippen molar-refractivity contribution in [1.29, 1.82) is 0 Å². The number of aromatic nitrogens is 4. The van der Waals surface area contributed by atoms with Crippen molar-refractivity contribution < 1.29 is 0 Å². The van der Waals surface area contributed by atoms with Crippen molar-refractivity contribution in [2.75, 3.05) is 13.6 Å². The van der Waals surface area contributed by atoms with Gasteiger partial charge in [-0.3, -0.25) is 9.89 Å². The van der Waals surface area contributed by atoms with Crippen LogP contribution in [0.3, 0.4) is 0 Å². The van der Waals surface area contributed by atoms with Gasteiger partial charge in [0.05, 0.1) is 6.33 Å². The first-order valence-electron chi connectivity index (χ1n) is 4.88. The molecular weight excluding hydrogens is 206 g/mol. The molecule has 6 heteroatoms. The lowest BCUT2D eigenvalue weighted by Gasteiger charge is -1.88. The van der Waals surface area contributed by atoms with Gasteiger partial charge in [-0.15, -0.1) is 0 Å². The average molecular weight is 217 g/mol. The van der Waals surface area contributed by atoms with Gasteiger partial charge < -0.3 is 10.3 Å². The summed E-state index contributed by atoms with van der Waals surface area (Å²) in [5, 5.41) is 10.0. The highest BCUT2D eigenvalue weighted by Gasteiger charge is 2.07. The van der Waals surface area contributed by atoms with Gasteiger partial charge in [0.1, 0.15) is 11.1 Å². The molecule has 0 bridgehead atoms. The average Bonchev–Trinajstić information content (AvgIpc) is 2.69. The minimum absolute atomic E-state index is 0.225. The Bertz CT molecular complexity index is 601. The number of fused-ring (bicyclic) bond motifs is 1. The number of rotatable bonds is 2. The predicted octanol–water partition coefficient (Wildman–Crippen LogP) is -0.393. The van der Waals surface area contributed by atoms with Crippen LogP contribution in [0.5, 0.6) is 0 Å². The largest absolute Gasteiger partial charge is 0.319 e. The first-order valence-corrected chi connectivity index (χ1v) is 4.88. The molecule has 0 atom stereocenters. The second-order valence-electron chi connectivity index (χ2n) is 3.18. The standard InChI is InChI=1S/C10H11N5O/c1-11-5-3-2-4-7-8-9(15-14-7)12-6-13-10(8)16/h6,11H,3,5H2,1H3,(H2,12,13,14,15,16). The van der Waals surface area contributed by atoms with Gasteiger partial charge in [0.15, 0.2) is 5.65 Å². The summed E-state index contributed by atoms with van der Waals surface area (Å²) in [6.07, 6.45) is 2.04. The number of hydrogen-bond acceptors (Lipinski definition) is 4. The molecule has 0 fully saturated rings. The van der Waals surface area contributed by atoms with Gasteiger partial charge in [0, 0.05) is 13.0 Å². The molecule has 0 aromatic carbocycles. The molecule has 0 unspecified atom stereocenters. The van der Waals surface area contributed by atoms with E-state index in [0.29, 0.717) is 16.7 Å². The predicted molar refractivity (Wildman–Crippen MR) is 59.9 cm³/mol. The van der Waals surface area contributed by atoms with E-state index in [0.717, 1.165) is 13.0 Å². The normalized spacial score (nSPS) is 10.1. The van der Waals surface area contributed by atoms with Crippen LogP contribution in [0.25, 0.3) is 11.0 Å². The van der Waals surface area contributed by atoms with Crippen molar-refractivity contribution in [3.05, 3.63) is 22.4 Å². The molecule has 0 aliphatic rings. The third-order valence-electron chi connectivity index (χ3n) is 2.07. The van der Waals surface area contributed by atoms with E-state index in [-0.39, 0.29) is 5.56 Å². The van der Waals surface area contributed by atoms with Crippen LogP contribution >= 0.6 is 0 Å². The maximum atomic E-state index is 11.5. The molecule has 0 amide bonds. The van der Waals surface area contributed by atoms with Crippen molar-refractivity contribution in [2.45, 2.75) is 6.42 Å². The summed E-state index contributed by atoms with van der Waals surface area (Å²) in [5.74, 6) is 5.82. The number of nitrogens with one attached hydrogen (secondary N) is 3. The molecular formula is C10H11N5O. The lowest BCUT2D eigenvalue weighted by atomic mass is 10.3. The zero-order valence-corrected chi connectivity index (χ0v) is 8.79. The highest BCUT2D eigenvalue weighted by molar-refractivity contribution is 5.79. The van der Waals surface area contributed by atoms with Gasteiger partial charge in [-0.25, -0.2) is 4.98 Å². The molecule has 2 aromatic rings. The molecule has 0 spiro atoms. The molecule has 0 aliphatic heterocycles. The van der Waals surface area contributed by atoms with E-state index in [9.17, 15) is 4.79 Å². The monoisotopic (exact) mass is 217 g/mol. The second kappa shape index (κ2) is 4.59. The van der Waals surface area contributed by atoms with Gasteiger partial charge in [0.2, 0.25) is 0 Å². The van der Waals surface area contributed by atoms with Crippen LogP contribution in [0.2, 0.25) is 0 Å². The summed E-state index contributed by atoms with van der Waals surface area (Å²) in [7, 11) is 1.86. The van der Waals surface area contributed by atoms with Gasteiger partial charge in [0.25, 0.3) is 5.56 Å². The van der Waals surface area contributed by atoms with Gasteiger partial charge >= 0.3 is 0 Å². The number of nitrogens with zero attached hydrogens (tertiary/aromatic N) is 2. The van der Waals surface area contributed by atoms with Crippen molar-refractivity contribution in [2.24, 2.45) is 0 Å². The van der Waals surface area contributed by atoms with Crippen LogP contribution in [-0.2, 0) is 0 Å². The van der Waals surface area contributed by atoms with Gasteiger partial charge in [-0.05, 0) is 13.0 Å². The lowest BCUT2D eigenvalue weighted by molar-refractivity contribution is 0.818. The van der Waals surface area contributed by atoms with Crippen LogP contribution in [0.15, 0.2) is 11.1 Å². The zero-order valence-electron chi connectivity index (χ0n) is 8.79. The van der Waals surface area contributed by atoms with E-state index >= 15 is 0 Å². The molecule has 82 valence electrons. The van der Waals surface area contributed by atoms with Crippen molar-refractivity contribution in [3.63, 3.8) is 0 Å². The molecule has 0 aliphatic carbocycles. The Morgan fingerprint density at radius 3 is 3.25 bits per heavy atom. The van der Waals surface area contributed by atoms with E-state index in [4.69, 9.17) is 0 Å². The van der Waals surface area contributed by atoms with Crippen molar-refractivity contribution in [1.82, 2.24) is 25.5 Å². The highest BCUT2D eigenvalue weighted by Crippen LogP contribution is 2.05. The fourth-order valence-corrected chi connectivity index (χ4v) is 1.29. The molecule has 16 heavy (non-hydrogen) atoms. The number of H-pyrrole nitrogens is 2. The zero-order chi connectivity index (χ0) is 11.4. The van der Waals surface area contributed by atoms with Crippen molar-refractivity contribution >= 4 is 11.0 Å². The minimum Gasteiger partial charge on any atom is -0.319 e. The third kappa shape index (κ3) is 1.94. The Kier molecular flexibility index (Phi) is 2.98. The van der Waals surface area contributed by atoms with E-state index < -0.39 is 0 Å². The van der Waals surface area contributed by atoms with Crippen LogP contribution < -0.4 is 10.9 Å². The summed E-state index contributed by atoms with van der Waals surface area (Å²) < 4.78 is 0. The molecule has 3 N–H and O–H groups in total. The fraction of sp³-hybridized carbons (Fsp3) is 0.300. The Labute approximate surface area is 91.5 Å². The summed E-state index contributed by atoms with van der Waals surface area (Å²) in [4.78, 5) is 17.9. The van der Waals surface area contributed by atoms with E-state index in [2.05, 4.69) is 37.3 Å². The molecule has 0 saturated heterocycles. The third-order valence-corrected chi connectivity index (χ3v) is 2.07. The SMILES string of the molecule is CNCCC#Cc1[nH]nc2nc[nH]c(=O)c12. The van der Waals surface area contributed by atoms with Crippen molar-refractivity contribution in [3.8, 4) is 11.8 Å². The first kappa shape index (κ1) is 10.4. The van der Waals surface area contributed by atoms with Crippen LogP contribution in [0.4, 0.5) is 0 Å². The molecule has 0 saturated carbocycles. The van der Waals surface area contributed by atoms with Gasteiger partial charge in [-0.2, -0.15) is 5.10 Å². The van der Waals surface area contributed by atoms with E-state index in [1.165, 1.54) is 6.33 Å². The lowest BCUT2D eigenvalue weighted by Crippen LogP contribution is -2.06. The van der Waals surface area contributed by atoms with E-state index in [1.54, 1.807) is 0 Å². The molecule has 2 heterocycles. The Morgan fingerprint density at radius 1 is 1.56 bits per heavy atom. The molecule has 0 radical (unpaired) electrons. The smallest absolute Gasteiger partial charge is 0.263 e. The summed E-state index contributed by atoms with van der Waals surface area (Å²) in [6, 6.07) is 0. The Morgan fingerprint density at radius 2 is 2.44 bits per heavy atom. The topological polar surface area (TPSA) is 86.5 Å². The number of hydrogen-bond donors (Lipinski definition) is 3. The minimum atomic E-state index is -0.225. The molecule has 2 rings (SSSR count). The fourth-order valence-electron chi connectivity index (χ4n) is 1.29. The van der Waals surface area contributed by atoms with E-state index in [1.807, 2.05) is 7.05 Å². The second-order valence-corrected chi connectivity index (χ2v) is 3.18. The van der Waals surface area contributed by atoms with Crippen LogP contribution in [-0.4, -0.2) is 33.8 Å². The van der Waals surface area contributed by atoms with Crippen LogP contribution in [0, 0.1) is 11.8 Å². The summed E-state index contributed by atoms with van der Waals surface area (Å²) in [5.41, 5.74) is 0.679.